The molecule has 0 spiro atoms. The van der Waals surface area contributed by atoms with Gasteiger partial charge in [-0.05, 0) is 18.2 Å². The van der Waals surface area contributed by atoms with Crippen LogP contribution in [-0.4, -0.2) is 31.3 Å². The number of hydrogen-bond donors (Lipinski definition) is 0. The molecule has 0 N–H and O–H groups in total. The fraction of sp³-hybridized carbons (Fsp3) is 0.385. The number of hydrogen-bond acceptors (Lipinski definition) is 0. The van der Waals surface area contributed by atoms with Gasteiger partial charge in [-0.1, -0.05) is 17.7 Å². The zero-order valence-electron chi connectivity index (χ0n) is 10.2. The lowest BCUT2D eigenvalue weighted by Gasteiger charge is -2.27. The molecule has 0 fully saturated rings. The molecule has 0 saturated heterocycles. The number of halogens is 4. The molecule has 0 radical (unpaired) electrons. The van der Waals surface area contributed by atoms with Gasteiger partial charge in [0.05, 0.1) is 20.6 Å². The quantitative estimate of drug-likeness (QED) is 0.678. The first-order valence-corrected chi connectivity index (χ1v) is 5.99. The molecular weight excluding hydrogens is 263 g/mol. The van der Waals surface area contributed by atoms with Crippen LogP contribution in [0.15, 0.2) is 29.8 Å². The Morgan fingerprint density at radius 3 is 2.44 bits per heavy atom. The van der Waals surface area contributed by atoms with Gasteiger partial charge in [-0.3, -0.25) is 4.48 Å². The Morgan fingerprint density at radius 1 is 1.22 bits per heavy atom. The summed E-state index contributed by atoms with van der Waals surface area (Å²) in [6.45, 7) is 0.455. The normalized spacial score (nSPS) is 19.4. The zero-order valence-corrected chi connectivity index (χ0v) is 10.9. The fourth-order valence-electron chi connectivity index (χ4n) is 2.42. The van der Waals surface area contributed by atoms with Gasteiger partial charge in [-0.15, -0.1) is 0 Å². The predicted molar refractivity (Wildman–Crippen MR) is 66.0 cm³/mol. The summed E-state index contributed by atoms with van der Waals surface area (Å²) in [5, 5.41) is 0.452. The van der Waals surface area contributed by atoms with Crippen LogP contribution < -0.4 is 0 Å². The number of nitrogens with zero attached hydrogens (tertiary/aromatic N) is 1. The summed E-state index contributed by atoms with van der Waals surface area (Å²) >= 11 is 5.87. The van der Waals surface area contributed by atoms with Crippen molar-refractivity contribution in [1.82, 2.24) is 0 Å². The van der Waals surface area contributed by atoms with Gasteiger partial charge in [0.25, 0.3) is 0 Å². The smallest absolute Gasteiger partial charge is 0.295 e. The highest BCUT2D eigenvalue weighted by atomic mass is 35.5. The van der Waals surface area contributed by atoms with Crippen molar-refractivity contribution >= 4 is 17.3 Å². The minimum absolute atomic E-state index is 0.0539. The first kappa shape index (κ1) is 13.4. The second kappa shape index (κ2) is 4.28. The molecule has 0 unspecified atom stereocenters. The molecule has 1 aliphatic rings. The van der Waals surface area contributed by atoms with Crippen molar-refractivity contribution in [2.24, 2.45) is 0 Å². The van der Waals surface area contributed by atoms with Crippen LogP contribution in [-0.2, 0) is 0 Å². The van der Waals surface area contributed by atoms with Crippen LogP contribution in [0.5, 0.6) is 0 Å². The Balaban J connectivity index is 2.62. The molecule has 0 aliphatic carbocycles. The molecule has 0 atom stereocenters. The number of alkyl halides is 3. The number of quaternary nitrogens is 1. The van der Waals surface area contributed by atoms with Crippen molar-refractivity contribution in [2.45, 2.75) is 12.6 Å². The van der Waals surface area contributed by atoms with Crippen molar-refractivity contribution in [3.8, 4) is 0 Å². The van der Waals surface area contributed by atoms with Crippen LogP contribution in [0.2, 0.25) is 5.02 Å². The van der Waals surface area contributed by atoms with E-state index in [4.69, 9.17) is 11.6 Å². The maximum absolute atomic E-state index is 13.0. The van der Waals surface area contributed by atoms with E-state index in [9.17, 15) is 13.2 Å². The molecule has 1 nitrogen and oxygen atoms in total. The highest BCUT2D eigenvalue weighted by Crippen LogP contribution is 2.43. The molecule has 18 heavy (non-hydrogen) atoms. The lowest BCUT2D eigenvalue weighted by atomic mass is 10.1. The molecule has 5 heteroatoms. The van der Waals surface area contributed by atoms with Crippen molar-refractivity contribution < 1.29 is 17.7 Å². The molecule has 0 saturated carbocycles. The summed E-state index contributed by atoms with van der Waals surface area (Å²) in [4.78, 5) is 0. The predicted octanol–water partition coefficient (Wildman–Crippen LogP) is 4.09. The first-order valence-electron chi connectivity index (χ1n) is 5.62. The summed E-state index contributed by atoms with van der Waals surface area (Å²) in [5.74, 6) is 0. The van der Waals surface area contributed by atoms with Crippen molar-refractivity contribution in [3.05, 3.63) is 40.4 Å². The van der Waals surface area contributed by atoms with Gasteiger partial charge in [0.2, 0.25) is 0 Å². The van der Waals surface area contributed by atoms with E-state index >= 15 is 0 Å². The van der Waals surface area contributed by atoms with Crippen molar-refractivity contribution in [1.29, 1.82) is 0 Å². The van der Waals surface area contributed by atoms with Gasteiger partial charge in [0, 0.05) is 17.0 Å². The van der Waals surface area contributed by atoms with Gasteiger partial charge < -0.3 is 0 Å². The first-order chi connectivity index (χ1) is 8.22. The lowest BCUT2D eigenvalue weighted by molar-refractivity contribution is -0.812. The number of benzene rings is 1. The summed E-state index contributed by atoms with van der Waals surface area (Å²) in [6, 6.07) is 6.61. The average molecular weight is 277 g/mol. The van der Waals surface area contributed by atoms with Crippen LogP contribution in [0.25, 0.3) is 5.70 Å². The minimum atomic E-state index is -4.27. The topological polar surface area (TPSA) is 0 Å². The fourth-order valence-corrected chi connectivity index (χ4v) is 2.61. The Bertz CT molecular complexity index is 503. The molecule has 2 rings (SSSR count). The third-order valence-electron chi connectivity index (χ3n) is 3.25. The second-order valence-corrected chi connectivity index (χ2v) is 5.43. The van der Waals surface area contributed by atoms with Crippen LogP contribution in [0.3, 0.4) is 0 Å². The van der Waals surface area contributed by atoms with Crippen LogP contribution in [0, 0.1) is 0 Å². The SMILES string of the molecule is C[N+]1(C)CCC(C(F)(F)F)=C1c1cccc(Cl)c1. The van der Waals surface area contributed by atoms with E-state index in [-0.39, 0.29) is 10.9 Å². The summed E-state index contributed by atoms with van der Waals surface area (Å²) in [5.41, 5.74) is 0.442. The monoisotopic (exact) mass is 276 g/mol. The molecule has 0 amide bonds. The van der Waals surface area contributed by atoms with Crippen LogP contribution in [0.1, 0.15) is 12.0 Å². The van der Waals surface area contributed by atoms with Crippen LogP contribution in [0.4, 0.5) is 13.2 Å². The molecule has 98 valence electrons. The van der Waals surface area contributed by atoms with E-state index in [0.29, 0.717) is 22.8 Å². The lowest BCUT2D eigenvalue weighted by Crippen LogP contribution is -2.34. The van der Waals surface area contributed by atoms with E-state index in [1.54, 1.807) is 38.4 Å². The average Bonchev–Trinajstić information content (AvgIpc) is 2.53. The Kier molecular flexibility index (Phi) is 3.19. The zero-order chi connectivity index (χ0) is 13.6. The summed E-state index contributed by atoms with van der Waals surface area (Å²) in [6.07, 6.45) is -4.22. The minimum Gasteiger partial charge on any atom is -0.295 e. The second-order valence-electron chi connectivity index (χ2n) is 4.99. The molecular formula is C13H14ClF3N+. The standard InChI is InChI=1S/C13H14ClF3N/c1-18(2)7-6-11(13(15,16)17)12(18)9-4-3-5-10(14)8-9/h3-5,8H,6-7H2,1-2H3/q+1. The maximum Gasteiger partial charge on any atom is 0.418 e. The molecule has 1 heterocycles. The van der Waals surface area contributed by atoms with Gasteiger partial charge in [0.15, 0.2) is 0 Å². The van der Waals surface area contributed by atoms with Gasteiger partial charge in [-0.25, -0.2) is 0 Å². The molecule has 0 bridgehead atoms. The van der Waals surface area contributed by atoms with Crippen molar-refractivity contribution in [3.63, 3.8) is 0 Å². The van der Waals surface area contributed by atoms with Crippen LogP contribution >= 0.6 is 11.6 Å². The summed E-state index contributed by atoms with van der Waals surface area (Å²) in [7, 11) is 3.57. The van der Waals surface area contributed by atoms with Gasteiger partial charge >= 0.3 is 6.18 Å². The van der Waals surface area contributed by atoms with E-state index < -0.39 is 11.7 Å². The third kappa shape index (κ3) is 2.40. The Hall–Kier alpha value is -1.00. The van der Waals surface area contributed by atoms with E-state index in [2.05, 4.69) is 0 Å². The summed E-state index contributed by atoms with van der Waals surface area (Å²) < 4.78 is 39.3. The third-order valence-corrected chi connectivity index (χ3v) is 3.49. The largest absolute Gasteiger partial charge is 0.418 e. The molecule has 1 aliphatic heterocycles. The Labute approximate surface area is 109 Å². The van der Waals surface area contributed by atoms with E-state index in [1.165, 1.54) is 0 Å². The van der Waals surface area contributed by atoms with Crippen molar-refractivity contribution in [2.75, 3.05) is 20.6 Å². The van der Waals surface area contributed by atoms with E-state index in [1.807, 2.05) is 0 Å². The molecule has 0 aromatic heterocycles. The van der Waals surface area contributed by atoms with Gasteiger partial charge in [-0.2, -0.15) is 13.2 Å². The molecule has 1 aromatic rings. The Morgan fingerprint density at radius 2 is 1.89 bits per heavy atom. The highest BCUT2D eigenvalue weighted by molar-refractivity contribution is 6.30. The number of rotatable bonds is 1. The molecule has 1 aromatic carbocycles. The van der Waals surface area contributed by atoms with E-state index in [0.717, 1.165) is 0 Å². The van der Waals surface area contributed by atoms with Gasteiger partial charge in [0.1, 0.15) is 11.3 Å². The highest BCUT2D eigenvalue weighted by Gasteiger charge is 2.47. The maximum atomic E-state index is 13.0.